The van der Waals surface area contributed by atoms with Crippen molar-refractivity contribution in [1.82, 2.24) is 0 Å². The number of hydrogen-bond donors (Lipinski definition) is 4. The van der Waals surface area contributed by atoms with Crippen molar-refractivity contribution in [3.05, 3.63) is 40.1 Å². The SMILES string of the molecule is O=C(O)CCCCCOC(=O)c1cc(=O)c(O)c2c(O)c(O)ccc2c1. The summed E-state index contributed by atoms with van der Waals surface area (Å²) in [6, 6.07) is 4.66. The van der Waals surface area contributed by atoms with E-state index in [0.29, 0.717) is 19.3 Å². The molecular formula is C18H18O8. The van der Waals surface area contributed by atoms with Crippen LogP contribution in [0, 0.1) is 0 Å². The number of benzene rings is 1. The number of carbonyl (C=O) groups excluding carboxylic acids is 1. The molecule has 0 aliphatic carbocycles. The second-order valence-corrected chi connectivity index (χ2v) is 5.69. The molecule has 0 amide bonds. The average Bonchev–Trinajstić information content (AvgIpc) is 2.71. The maximum Gasteiger partial charge on any atom is 0.338 e. The first kappa shape index (κ1) is 19.0. The van der Waals surface area contributed by atoms with Gasteiger partial charge in [-0.2, -0.15) is 0 Å². The van der Waals surface area contributed by atoms with Gasteiger partial charge >= 0.3 is 11.9 Å². The molecule has 2 rings (SSSR count). The van der Waals surface area contributed by atoms with Crippen LogP contribution in [-0.2, 0) is 9.53 Å². The second kappa shape index (κ2) is 8.19. The Morgan fingerprint density at radius 3 is 2.38 bits per heavy atom. The summed E-state index contributed by atoms with van der Waals surface area (Å²) in [5, 5.41) is 37.8. The van der Waals surface area contributed by atoms with Crippen molar-refractivity contribution in [2.24, 2.45) is 0 Å². The van der Waals surface area contributed by atoms with Crippen LogP contribution >= 0.6 is 0 Å². The number of fused-ring (bicyclic) bond motifs is 1. The first-order chi connectivity index (χ1) is 12.3. The average molecular weight is 362 g/mol. The maximum absolute atomic E-state index is 12.1. The Labute approximate surface area is 147 Å². The smallest absolute Gasteiger partial charge is 0.338 e. The molecule has 0 bridgehead atoms. The Kier molecular flexibility index (Phi) is 6.00. The van der Waals surface area contributed by atoms with Gasteiger partial charge in [0.05, 0.1) is 17.6 Å². The van der Waals surface area contributed by atoms with Crippen LogP contribution in [0.4, 0.5) is 0 Å². The van der Waals surface area contributed by atoms with E-state index in [2.05, 4.69) is 0 Å². The summed E-state index contributed by atoms with van der Waals surface area (Å²) in [4.78, 5) is 34.5. The zero-order chi connectivity index (χ0) is 19.3. The Balaban J connectivity index is 2.18. The number of aliphatic carboxylic acids is 1. The maximum atomic E-state index is 12.1. The van der Waals surface area contributed by atoms with Crippen molar-refractivity contribution < 1.29 is 34.8 Å². The minimum absolute atomic E-state index is 0.0453. The normalized spacial score (nSPS) is 10.6. The summed E-state index contributed by atoms with van der Waals surface area (Å²) >= 11 is 0. The van der Waals surface area contributed by atoms with E-state index in [1.54, 1.807) is 0 Å². The third-order valence-electron chi connectivity index (χ3n) is 3.76. The van der Waals surface area contributed by atoms with E-state index in [1.807, 2.05) is 0 Å². The summed E-state index contributed by atoms with van der Waals surface area (Å²) in [6.07, 6.45) is 1.57. The fourth-order valence-electron chi connectivity index (χ4n) is 2.43. The van der Waals surface area contributed by atoms with Crippen molar-refractivity contribution in [2.45, 2.75) is 25.7 Å². The molecule has 0 saturated carbocycles. The number of aromatic hydroxyl groups is 3. The Morgan fingerprint density at radius 2 is 1.69 bits per heavy atom. The largest absolute Gasteiger partial charge is 0.504 e. The molecule has 8 nitrogen and oxygen atoms in total. The molecule has 0 fully saturated rings. The lowest BCUT2D eigenvalue weighted by Crippen LogP contribution is -2.08. The van der Waals surface area contributed by atoms with Crippen LogP contribution in [0.15, 0.2) is 29.1 Å². The number of ether oxygens (including phenoxy) is 1. The predicted molar refractivity (Wildman–Crippen MR) is 91.6 cm³/mol. The number of unbranched alkanes of at least 4 members (excludes halogenated alkanes) is 2. The molecule has 0 aliphatic rings. The molecule has 0 spiro atoms. The Morgan fingerprint density at radius 1 is 0.962 bits per heavy atom. The van der Waals surface area contributed by atoms with Gasteiger partial charge < -0.3 is 25.2 Å². The zero-order valence-electron chi connectivity index (χ0n) is 13.8. The monoisotopic (exact) mass is 362 g/mol. The lowest BCUT2D eigenvalue weighted by molar-refractivity contribution is -0.137. The fourth-order valence-corrected chi connectivity index (χ4v) is 2.43. The number of phenolic OH excluding ortho intramolecular Hbond substituents is 2. The molecule has 138 valence electrons. The first-order valence-electron chi connectivity index (χ1n) is 7.92. The lowest BCUT2D eigenvalue weighted by Gasteiger charge is -2.04. The highest BCUT2D eigenvalue weighted by Crippen LogP contribution is 2.36. The molecule has 4 N–H and O–H groups in total. The number of esters is 1. The van der Waals surface area contributed by atoms with Gasteiger partial charge in [-0.1, -0.05) is 6.07 Å². The molecule has 0 saturated heterocycles. The quantitative estimate of drug-likeness (QED) is 0.333. The standard InChI is InChI=1S/C18H18O8/c19-12-6-5-10-8-11(9-13(20)17(24)15(10)16(12)23)18(25)26-7-3-1-2-4-14(21)22/h5-6,8-9,19,23H,1-4,7H2,(H,20,24)(H,21,22). The first-order valence-corrected chi connectivity index (χ1v) is 7.92. The third kappa shape index (κ3) is 4.41. The number of rotatable bonds is 7. The van der Waals surface area contributed by atoms with Crippen molar-refractivity contribution >= 4 is 22.7 Å². The summed E-state index contributed by atoms with van der Waals surface area (Å²) in [5.74, 6) is -3.64. The molecule has 0 aromatic heterocycles. The molecule has 26 heavy (non-hydrogen) atoms. The van der Waals surface area contributed by atoms with Crippen molar-refractivity contribution in [3.63, 3.8) is 0 Å². The number of phenols is 2. The second-order valence-electron chi connectivity index (χ2n) is 5.69. The summed E-state index contributed by atoms with van der Waals surface area (Å²) < 4.78 is 5.06. The third-order valence-corrected chi connectivity index (χ3v) is 3.76. The van der Waals surface area contributed by atoms with Gasteiger partial charge in [0.15, 0.2) is 17.2 Å². The predicted octanol–water partition coefficient (Wildman–Crippen LogP) is 2.12. The van der Waals surface area contributed by atoms with E-state index < -0.39 is 34.6 Å². The highest BCUT2D eigenvalue weighted by Gasteiger charge is 2.15. The Bertz CT molecular complexity index is 904. The van der Waals surface area contributed by atoms with E-state index in [-0.39, 0.29) is 29.4 Å². The van der Waals surface area contributed by atoms with Gasteiger partial charge in [-0.05, 0) is 36.8 Å². The van der Waals surface area contributed by atoms with Crippen LogP contribution < -0.4 is 5.43 Å². The molecule has 2 aromatic carbocycles. The number of carboxylic acid groups (broad SMARTS) is 1. The van der Waals surface area contributed by atoms with E-state index in [1.165, 1.54) is 18.2 Å². The van der Waals surface area contributed by atoms with E-state index in [0.717, 1.165) is 6.07 Å². The van der Waals surface area contributed by atoms with Crippen LogP contribution in [0.1, 0.15) is 36.0 Å². The highest BCUT2D eigenvalue weighted by atomic mass is 16.5. The summed E-state index contributed by atoms with van der Waals surface area (Å²) in [6.45, 7) is 0.0568. The van der Waals surface area contributed by atoms with Crippen molar-refractivity contribution in [2.75, 3.05) is 6.61 Å². The van der Waals surface area contributed by atoms with Crippen LogP contribution in [0.2, 0.25) is 0 Å². The van der Waals surface area contributed by atoms with Gasteiger partial charge in [0, 0.05) is 12.5 Å². The van der Waals surface area contributed by atoms with Gasteiger partial charge in [-0.15, -0.1) is 0 Å². The minimum Gasteiger partial charge on any atom is -0.504 e. The fraction of sp³-hybridized carbons (Fsp3) is 0.278. The van der Waals surface area contributed by atoms with Gasteiger partial charge in [-0.3, -0.25) is 9.59 Å². The summed E-state index contributed by atoms with van der Waals surface area (Å²) in [7, 11) is 0. The molecule has 0 radical (unpaired) electrons. The molecule has 0 unspecified atom stereocenters. The van der Waals surface area contributed by atoms with E-state index >= 15 is 0 Å². The van der Waals surface area contributed by atoms with Gasteiger partial charge in [0.1, 0.15) is 0 Å². The van der Waals surface area contributed by atoms with Gasteiger partial charge in [0.2, 0.25) is 5.43 Å². The molecule has 0 atom stereocenters. The summed E-state index contributed by atoms with van der Waals surface area (Å²) in [5.41, 5.74) is -1.02. The van der Waals surface area contributed by atoms with Gasteiger partial charge in [0.25, 0.3) is 0 Å². The van der Waals surface area contributed by atoms with E-state index in [9.17, 15) is 29.7 Å². The molecule has 0 heterocycles. The number of carboxylic acids is 1. The molecule has 2 aromatic rings. The lowest BCUT2D eigenvalue weighted by atomic mass is 10.1. The topological polar surface area (TPSA) is 141 Å². The van der Waals surface area contributed by atoms with Crippen molar-refractivity contribution in [3.8, 4) is 17.2 Å². The van der Waals surface area contributed by atoms with Crippen LogP contribution in [0.25, 0.3) is 10.8 Å². The Hall–Kier alpha value is -3.29. The number of hydrogen-bond acceptors (Lipinski definition) is 7. The zero-order valence-corrected chi connectivity index (χ0v) is 13.8. The number of carbonyl (C=O) groups is 2. The van der Waals surface area contributed by atoms with Gasteiger partial charge in [-0.25, -0.2) is 4.79 Å². The molecule has 0 aliphatic heterocycles. The van der Waals surface area contributed by atoms with Crippen molar-refractivity contribution in [1.29, 1.82) is 0 Å². The molecular weight excluding hydrogens is 344 g/mol. The van der Waals surface area contributed by atoms with Crippen LogP contribution in [0.3, 0.4) is 0 Å². The van der Waals surface area contributed by atoms with E-state index in [4.69, 9.17) is 9.84 Å². The molecule has 8 heteroatoms. The van der Waals surface area contributed by atoms with Crippen LogP contribution in [0.5, 0.6) is 17.2 Å². The highest BCUT2D eigenvalue weighted by molar-refractivity contribution is 5.99. The van der Waals surface area contributed by atoms with Crippen LogP contribution in [-0.4, -0.2) is 39.0 Å². The minimum atomic E-state index is -0.908.